The van der Waals surface area contributed by atoms with E-state index in [1.165, 1.54) is 0 Å². The van der Waals surface area contributed by atoms with Crippen molar-refractivity contribution >= 4 is 17.7 Å². The van der Waals surface area contributed by atoms with Crippen LogP contribution in [0.2, 0.25) is 0 Å². The molecule has 31 heavy (non-hydrogen) atoms. The van der Waals surface area contributed by atoms with Crippen LogP contribution in [0.5, 0.6) is 11.5 Å². The van der Waals surface area contributed by atoms with Gasteiger partial charge in [-0.3, -0.25) is 4.79 Å². The summed E-state index contributed by atoms with van der Waals surface area (Å²) in [4.78, 5) is 12.7. The van der Waals surface area contributed by atoms with Gasteiger partial charge in [0.05, 0.1) is 13.7 Å². The highest BCUT2D eigenvalue weighted by Gasteiger charge is 2.15. The van der Waals surface area contributed by atoms with Crippen molar-refractivity contribution in [3.05, 3.63) is 59.2 Å². The summed E-state index contributed by atoms with van der Waals surface area (Å²) in [5, 5.41) is 3.11. The van der Waals surface area contributed by atoms with E-state index in [2.05, 4.69) is 65.1 Å². The number of hydrogen-bond donors (Lipinski definition) is 1. The second-order valence-electron chi connectivity index (χ2n) is 8.88. The van der Waals surface area contributed by atoms with E-state index in [-0.39, 0.29) is 5.91 Å². The van der Waals surface area contributed by atoms with Crippen LogP contribution < -0.4 is 14.8 Å². The Labute approximate surface area is 187 Å². The van der Waals surface area contributed by atoms with Gasteiger partial charge in [0.25, 0.3) is 0 Å². The third-order valence-corrected chi connectivity index (χ3v) is 5.19. The number of anilines is 1. The van der Waals surface area contributed by atoms with E-state index in [9.17, 15) is 4.79 Å². The SMILES string of the molecule is COc1cc(C=CC(=O)Nc2c(C(C)C)cccc2C(C)C)ccc1OCCC(C)C. The number of amides is 1. The molecule has 0 aromatic heterocycles. The zero-order valence-electron chi connectivity index (χ0n) is 20.0. The Morgan fingerprint density at radius 1 is 0.968 bits per heavy atom. The van der Waals surface area contributed by atoms with Crippen LogP contribution in [-0.4, -0.2) is 19.6 Å². The Balaban J connectivity index is 2.15. The maximum Gasteiger partial charge on any atom is 0.248 e. The highest BCUT2D eigenvalue weighted by Crippen LogP contribution is 2.32. The molecule has 0 radical (unpaired) electrons. The molecule has 0 fully saturated rings. The van der Waals surface area contributed by atoms with Crippen LogP contribution >= 0.6 is 0 Å². The molecule has 168 valence electrons. The van der Waals surface area contributed by atoms with Crippen molar-refractivity contribution < 1.29 is 14.3 Å². The van der Waals surface area contributed by atoms with E-state index in [1.54, 1.807) is 19.3 Å². The first kappa shape index (κ1) is 24.5. The topological polar surface area (TPSA) is 47.6 Å². The molecule has 0 aliphatic heterocycles. The molecule has 0 aliphatic carbocycles. The summed E-state index contributed by atoms with van der Waals surface area (Å²) in [5.41, 5.74) is 4.10. The summed E-state index contributed by atoms with van der Waals surface area (Å²) in [6.45, 7) is 13.6. The molecule has 1 N–H and O–H groups in total. The molecule has 4 heteroatoms. The lowest BCUT2D eigenvalue weighted by Gasteiger charge is -2.19. The molecule has 0 bridgehead atoms. The molecule has 0 atom stereocenters. The number of benzene rings is 2. The highest BCUT2D eigenvalue weighted by molar-refractivity contribution is 6.03. The van der Waals surface area contributed by atoms with Crippen molar-refractivity contribution in [3.63, 3.8) is 0 Å². The first-order valence-electron chi connectivity index (χ1n) is 11.2. The van der Waals surface area contributed by atoms with Gasteiger partial charge in [0.2, 0.25) is 5.91 Å². The number of hydrogen-bond acceptors (Lipinski definition) is 3. The number of rotatable bonds is 10. The summed E-state index contributed by atoms with van der Waals surface area (Å²) in [5.74, 6) is 2.47. The standard InChI is InChI=1S/C27H37NO3/c1-18(2)15-16-31-24-13-11-21(17-25(24)30-7)12-14-26(29)28-27-22(19(3)4)9-8-10-23(27)20(5)6/h8-14,17-20H,15-16H2,1-7H3,(H,28,29). The van der Waals surface area contributed by atoms with Crippen molar-refractivity contribution in [2.45, 2.75) is 59.8 Å². The van der Waals surface area contributed by atoms with Gasteiger partial charge in [0.15, 0.2) is 11.5 Å². The molecule has 0 aliphatic rings. The van der Waals surface area contributed by atoms with Gasteiger partial charge in [-0.25, -0.2) is 0 Å². The Morgan fingerprint density at radius 3 is 2.16 bits per heavy atom. The first-order valence-corrected chi connectivity index (χ1v) is 11.2. The summed E-state index contributed by atoms with van der Waals surface area (Å²) in [7, 11) is 1.63. The predicted octanol–water partition coefficient (Wildman–Crippen LogP) is 7.02. The molecule has 0 unspecified atom stereocenters. The van der Waals surface area contributed by atoms with Crippen LogP contribution in [0, 0.1) is 5.92 Å². The van der Waals surface area contributed by atoms with Crippen molar-refractivity contribution in [1.29, 1.82) is 0 Å². The maximum atomic E-state index is 12.7. The molecular weight excluding hydrogens is 386 g/mol. The van der Waals surface area contributed by atoms with Crippen molar-refractivity contribution in [1.82, 2.24) is 0 Å². The van der Waals surface area contributed by atoms with Crippen molar-refractivity contribution in [2.24, 2.45) is 5.92 Å². The molecule has 4 nitrogen and oxygen atoms in total. The third kappa shape index (κ3) is 7.16. The predicted molar refractivity (Wildman–Crippen MR) is 130 cm³/mol. The van der Waals surface area contributed by atoms with E-state index >= 15 is 0 Å². The quantitative estimate of drug-likeness (QED) is 0.418. The van der Waals surface area contributed by atoms with Crippen LogP contribution in [-0.2, 0) is 4.79 Å². The lowest BCUT2D eigenvalue weighted by molar-refractivity contribution is -0.111. The van der Waals surface area contributed by atoms with E-state index in [4.69, 9.17) is 9.47 Å². The number of nitrogens with one attached hydrogen (secondary N) is 1. The second kappa shape index (κ2) is 11.6. The summed E-state index contributed by atoms with van der Waals surface area (Å²) >= 11 is 0. The minimum absolute atomic E-state index is 0.147. The monoisotopic (exact) mass is 423 g/mol. The molecule has 2 rings (SSSR count). The lowest BCUT2D eigenvalue weighted by Crippen LogP contribution is -2.13. The van der Waals surface area contributed by atoms with Crippen LogP contribution in [0.25, 0.3) is 6.08 Å². The maximum absolute atomic E-state index is 12.7. The van der Waals surface area contributed by atoms with Crippen LogP contribution in [0.4, 0.5) is 5.69 Å². The van der Waals surface area contributed by atoms with Crippen LogP contribution in [0.15, 0.2) is 42.5 Å². The fraction of sp³-hybridized carbons (Fsp3) is 0.444. The summed E-state index contributed by atoms with van der Waals surface area (Å²) < 4.78 is 11.3. The molecule has 0 spiro atoms. The largest absolute Gasteiger partial charge is 0.493 e. The van der Waals surface area contributed by atoms with Crippen molar-refractivity contribution in [3.8, 4) is 11.5 Å². The third-order valence-electron chi connectivity index (χ3n) is 5.19. The van der Waals surface area contributed by atoms with Gasteiger partial charge in [-0.15, -0.1) is 0 Å². The van der Waals surface area contributed by atoms with Crippen LogP contribution in [0.3, 0.4) is 0 Å². The van der Waals surface area contributed by atoms with E-state index in [1.807, 2.05) is 18.2 Å². The van der Waals surface area contributed by atoms with Gasteiger partial charge in [-0.05, 0) is 59.1 Å². The average molecular weight is 424 g/mol. The van der Waals surface area contributed by atoms with Gasteiger partial charge >= 0.3 is 0 Å². The number of carbonyl (C=O) groups excluding carboxylic acids is 1. The van der Waals surface area contributed by atoms with Gasteiger partial charge < -0.3 is 14.8 Å². The number of methoxy groups -OCH3 is 1. The Bertz CT molecular complexity index is 871. The van der Waals surface area contributed by atoms with Gasteiger partial charge in [-0.2, -0.15) is 0 Å². The normalized spacial score (nSPS) is 11.5. The molecule has 0 heterocycles. The molecular formula is C27H37NO3. The summed E-state index contributed by atoms with van der Waals surface area (Å²) in [6.07, 6.45) is 4.35. The van der Waals surface area contributed by atoms with Gasteiger partial charge in [-0.1, -0.05) is 65.8 Å². The fourth-order valence-electron chi connectivity index (χ4n) is 3.34. The van der Waals surface area contributed by atoms with E-state index in [0.717, 1.165) is 34.5 Å². The molecule has 1 amide bonds. The molecule has 0 saturated heterocycles. The van der Waals surface area contributed by atoms with Gasteiger partial charge in [0, 0.05) is 11.8 Å². The Kier molecular flexibility index (Phi) is 9.17. The van der Waals surface area contributed by atoms with E-state index in [0.29, 0.717) is 30.1 Å². The molecule has 2 aromatic carbocycles. The number of para-hydroxylation sites is 1. The highest BCUT2D eigenvalue weighted by atomic mass is 16.5. The van der Waals surface area contributed by atoms with E-state index < -0.39 is 0 Å². The zero-order valence-corrected chi connectivity index (χ0v) is 20.0. The zero-order chi connectivity index (χ0) is 23.0. The van der Waals surface area contributed by atoms with Gasteiger partial charge in [0.1, 0.15) is 0 Å². The average Bonchev–Trinajstić information content (AvgIpc) is 2.72. The molecule has 0 saturated carbocycles. The number of carbonyl (C=O) groups is 1. The molecule has 2 aromatic rings. The second-order valence-corrected chi connectivity index (χ2v) is 8.88. The lowest BCUT2D eigenvalue weighted by atomic mass is 9.92. The van der Waals surface area contributed by atoms with Crippen LogP contribution in [0.1, 0.15) is 76.5 Å². The summed E-state index contributed by atoms with van der Waals surface area (Å²) in [6, 6.07) is 11.9. The Morgan fingerprint density at radius 2 is 1.61 bits per heavy atom. The Hall–Kier alpha value is -2.75. The van der Waals surface area contributed by atoms with Crippen molar-refractivity contribution in [2.75, 3.05) is 19.0 Å². The smallest absolute Gasteiger partial charge is 0.248 e. The number of ether oxygens (including phenoxy) is 2. The first-order chi connectivity index (χ1) is 14.7. The minimum Gasteiger partial charge on any atom is -0.493 e. The fourth-order valence-corrected chi connectivity index (χ4v) is 3.34. The minimum atomic E-state index is -0.147.